The summed E-state index contributed by atoms with van der Waals surface area (Å²) in [5, 5.41) is 0. The van der Waals surface area contributed by atoms with E-state index in [0.29, 0.717) is 6.04 Å². The van der Waals surface area contributed by atoms with E-state index in [4.69, 9.17) is 0 Å². The second-order valence-electron chi connectivity index (χ2n) is 4.30. The van der Waals surface area contributed by atoms with Crippen LogP contribution in [0.3, 0.4) is 0 Å². The van der Waals surface area contributed by atoms with Crippen molar-refractivity contribution >= 4 is 0 Å². The molecule has 0 fully saturated rings. The molecule has 0 aliphatic carbocycles. The maximum Gasteiger partial charge on any atom is 0.0599 e. The van der Waals surface area contributed by atoms with Gasteiger partial charge in [0, 0.05) is 0 Å². The SMILES string of the molecule is CCN(C)C(c1ccccc1)c1ccccc1. The van der Waals surface area contributed by atoms with Crippen LogP contribution in [-0.2, 0) is 0 Å². The maximum atomic E-state index is 2.37. The molecule has 0 aliphatic rings. The first-order valence-electron chi connectivity index (χ1n) is 6.13. The molecule has 0 radical (unpaired) electrons. The summed E-state index contributed by atoms with van der Waals surface area (Å²) < 4.78 is 0. The van der Waals surface area contributed by atoms with Crippen molar-refractivity contribution in [3.63, 3.8) is 0 Å². The molecule has 0 saturated heterocycles. The van der Waals surface area contributed by atoms with Crippen LogP contribution in [0.5, 0.6) is 0 Å². The van der Waals surface area contributed by atoms with Gasteiger partial charge in [-0.25, -0.2) is 0 Å². The third kappa shape index (κ3) is 2.75. The lowest BCUT2D eigenvalue weighted by molar-refractivity contribution is 0.294. The molecule has 88 valence electrons. The molecule has 2 aromatic carbocycles. The highest BCUT2D eigenvalue weighted by Gasteiger charge is 2.17. The fraction of sp³-hybridized carbons (Fsp3) is 0.250. The minimum absolute atomic E-state index is 0.349. The fourth-order valence-electron chi connectivity index (χ4n) is 2.15. The number of hydrogen-bond donors (Lipinski definition) is 0. The molecule has 2 rings (SSSR count). The Hall–Kier alpha value is -1.60. The van der Waals surface area contributed by atoms with Crippen LogP contribution in [0, 0.1) is 0 Å². The molecule has 0 amide bonds. The summed E-state index contributed by atoms with van der Waals surface area (Å²) in [6.45, 7) is 3.23. The zero-order valence-electron chi connectivity index (χ0n) is 10.5. The van der Waals surface area contributed by atoms with E-state index < -0.39 is 0 Å². The maximum absolute atomic E-state index is 2.37. The lowest BCUT2D eigenvalue weighted by Gasteiger charge is -2.27. The van der Waals surface area contributed by atoms with E-state index in [2.05, 4.69) is 79.5 Å². The summed E-state index contributed by atoms with van der Waals surface area (Å²) in [6.07, 6.45) is 0. The predicted molar refractivity (Wildman–Crippen MR) is 73.0 cm³/mol. The lowest BCUT2D eigenvalue weighted by atomic mass is 9.97. The molecule has 0 saturated carbocycles. The van der Waals surface area contributed by atoms with Crippen LogP contribution in [0.4, 0.5) is 0 Å². The topological polar surface area (TPSA) is 3.24 Å². The zero-order chi connectivity index (χ0) is 12.1. The van der Waals surface area contributed by atoms with Crippen LogP contribution in [0.1, 0.15) is 24.1 Å². The van der Waals surface area contributed by atoms with Gasteiger partial charge in [-0.05, 0) is 24.7 Å². The standard InChI is InChI=1S/C16H19N/c1-3-17(2)16(14-10-6-4-7-11-14)15-12-8-5-9-13-15/h4-13,16H,3H2,1-2H3. The summed E-state index contributed by atoms with van der Waals surface area (Å²) >= 11 is 0. The van der Waals surface area contributed by atoms with Crippen molar-refractivity contribution in [2.45, 2.75) is 13.0 Å². The molecule has 0 aliphatic heterocycles. The van der Waals surface area contributed by atoms with Gasteiger partial charge in [-0.1, -0.05) is 67.6 Å². The van der Waals surface area contributed by atoms with E-state index in [9.17, 15) is 0 Å². The third-order valence-electron chi connectivity index (χ3n) is 3.17. The Morgan fingerprint density at radius 3 is 1.59 bits per heavy atom. The van der Waals surface area contributed by atoms with Crippen molar-refractivity contribution < 1.29 is 0 Å². The number of hydrogen-bond acceptors (Lipinski definition) is 1. The van der Waals surface area contributed by atoms with Gasteiger partial charge in [0.15, 0.2) is 0 Å². The summed E-state index contributed by atoms with van der Waals surface area (Å²) in [7, 11) is 2.17. The molecule has 0 spiro atoms. The van der Waals surface area contributed by atoms with Crippen molar-refractivity contribution in [1.82, 2.24) is 4.90 Å². The molecule has 0 N–H and O–H groups in total. The Morgan fingerprint density at radius 1 is 0.824 bits per heavy atom. The summed E-state index contributed by atoms with van der Waals surface area (Å²) in [6, 6.07) is 21.7. The molecule has 1 nitrogen and oxygen atoms in total. The molecule has 0 bridgehead atoms. The van der Waals surface area contributed by atoms with Crippen molar-refractivity contribution in [2.75, 3.05) is 13.6 Å². The predicted octanol–water partition coefficient (Wildman–Crippen LogP) is 3.73. The van der Waals surface area contributed by atoms with E-state index in [1.54, 1.807) is 0 Å². The average Bonchev–Trinajstić information content (AvgIpc) is 2.41. The third-order valence-corrected chi connectivity index (χ3v) is 3.17. The Balaban J connectivity index is 2.39. The van der Waals surface area contributed by atoms with Gasteiger partial charge in [0.25, 0.3) is 0 Å². The fourth-order valence-corrected chi connectivity index (χ4v) is 2.15. The van der Waals surface area contributed by atoms with Gasteiger partial charge < -0.3 is 0 Å². The van der Waals surface area contributed by atoms with Crippen LogP contribution in [0.25, 0.3) is 0 Å². The molecule has 0 aromatic heterocycles. The highest BCUT2D eigenvalue weighted by Crippen LogP contribution is 2.26. The second kappa shape index (κ2) is 5.65. The Labute approximate surface area is 104 Å². The minimum atomic E-state index is 0.349. The molecule has 0 heterocycles. The normalized spacial score (nSPS) is 11.1. The van der Waals surface area contributed by atoms with E-state index in [0.717, 1.165) is 6.54 Å². The van der Waals surface area contributed by atoms with E-state index in [1.165, 1.54) is 11.1 Å². The minimum Gasteiger partial charge on any atom is -0.296 e. The van der Waals surface area contributed by atoms with E-state index in [1.807, 2.05) is 0 Å². The van der Waals surface area contributed by atoms with Gasteiger partial charge in [-0.2, -0.15) is 0 Å². The number of nitrogens with zero attached hydrogens (tertiary/aromatic N) is 1. The molecule has 2 aromatic rings. The van der Waals surface area contributed by atoms with E-state index in [-0.39, 0.29) is 0 Å². The smallest absolute Gasteiger partial charge is 0.0599 e. The largest absolute Gasteiger partial charge is 0.296 e. The second-order valence-corrected chi connectivity index (χ2v) is 4.30. The van der Waals surface area contributed by atoms with Gasteiger partial charge in [0.05, 0.1) is 6.04 Å². The molecule has 17 heavy (non-hydrogen) atoms. The highest BCUT2D eigenvalue weighted by atomic mass is 15.1. The molecular formula is C16H19N. The molecular weight excluding hydrogens is 206 g/mol. The van der Waals surface area contributed by atoms with Crippen LogP contribution in [-0.4, -0.2) is 18.5 Å². The Bertz CT molecular complexity index is 396. The van der Waals surface area contributed by atoms with Gasteiger partial charge in [0.2, 0.25) is 0 Å². The Morgan fingerprint density at radius 2 is 1.24 bits per heavy atom. The highest BCUT2D eigenvalue weighted by molar-refractivity contribution is 5.31. The van der Waals surface area contributed by atoms with Crippen molar-refractivity contribution in [1.29, 1.82) is 0 Å². The van der Waals surface area contributed by atoms with Gasteiger partial charge in [-0.15, -0.1) is 0 Å². The summed E-state index contributed by atoms with van der Waals surface area (Å²) in [4.78, 5) is 2.37. The van der Waals surface area contributed by atoms with Crippen LogP contribution in [0.15, 0.2) is 60.7 Å². The van der Waals surface area contributed by atoms with Gasteiger partial charge in [0.1, 0.15) is 0 Å². The first-order chi connectivity index (χ1) is 8.33. The first-order valence-corrected chi connectivity index (χ1v) is 6.13. The molecule has 0 unspecified atom stereocenters. The average molecular weight is 225 g/mol. The first kappa shape index (κ1) is 11.9. The van der Waals surface area contributed by atoms with Crippen molar-refractivity contribution in [3.8, 4) is 0 Å². The molecule has 0 atom stereocenters. The lowest BCUT2D eigenvalue weighted by Crippen LogP contribution is -2.25. The Kier molecular flexibility index (Phi) is 3.94. The van der Waals surface area contributed by atoms with Crippen LogP contribution < -0.4 is 0 Å². The van der Waals surface area contributed by atoms with Crippen LogP contribution >= 0.6 is 0 Å². The van der Waals surface area contributed by atoms with Crippen LogP contribution in [0.2, 0.25) is 0 Å². The van der Waals surface area contributed by atoms with Gasteiger partial charge >= 0.3 is 0 Å². The van der Waals surface area contributed by atoms with Crippen molar-refractivity contribution in [3.05, 3.63) is 71.8 Å². The van der Waals surface area contributed by atoms with Crippen molar-refractivity contribution in [2.24, 2.45) is 0 Å². The van der Waals surface area contributed by atoms with E-state index >= 15 is 0 Å². The number of rotatable bonds is 4. The van der Waals surface area contributed by atoms with Gasteiger partial charge in [-0.3, -0.25) is 4.90 Å². The molecule has 1 heteroatoms. The summed E-state index contributed by atoms with van der Waals surface area (Å²) in [5.74, 6) is 0. The summed E-state index contributed by atoms with van der Waals surface area (Å²) in [5.41, 5.74) is 2.70. The zero-order valence-corrected chi connectivity index (χ0v) is 10.5. The number of benzene rings is 2. The monoisotopic (exact) mass is 225 g/mol. The quantitative estimate of drug-likeness (QED) is 0.766.